The van der Waals surface area contributed by atoms with Gasteiger partial charge in [0.15, 0.2) is 5.17 Å². The molecule has 1 atom stereocenters. The molecule has 35 heavy (non-hydrogen) atoms. The van der Waals surface area contributed by atoms with Crippen molar-refractivity contribution in [2.24, 2.45) is 4.99 Å². The number of thioether (sulfide) groups is 1. The van der Waals surface area contributed by atoms with Crippen LogP contribution < -0.4 is 0 Å². The molecule has 0 aromatic heterocycles. The zero-order valence-electron chi connectivity index (χ0n) is 19.7. The molecule has 1 amide bonds. The standard InChI is InChI=1S/C24H27N5O5S/c1-4-12-34-23(31)21-16(2)25-24-28(22(21)17-6-5-7-18(13-17)29(32)33)19(15-35-24)14-20(30)27-10-8-26(3)9-11-27/h4-7,13,15,22H,1,8-12,14H2,2-3H3. The first kappa shape index (κ1) is 24.7. The molecule has 0 radical (unpaired) electrons. The van der Waals surface area contributed by atoms with Crippen molar-refractivity contribution >= 4 is 34.5 Å². The summed E-state index contributed by atoms with van der Waals surface area (Å²) in [4.78, 5) is 47.7. The number of amidine groups is 1. The maximum Gasteiger partial charge on any atom is 0.338 e. The Morgan fingerprint density at radius 3 is 2.74 bits per heavy atom. The highest BCUT2D eigenvalue weighted by Crippen LogP contribution is 2.45. The average molecular weight is 498 g/mol. The zero-order valence-corrected chi connectivity index (χ0v) is 20.5. The largest absolute Gasteiger partial charge is 0.458 e. The number of benzene rings is 1. The number of aliphatic imine (C=N–C) groups is 1. The lowest BCUT2D eigenvalue weighted by Crippen LogP contribution is -2.47. The molecule has 3 aliphatic heterocycles. The predicted molar refractivity (Wildman–Crippen MR) is 133 cm³/mol. The summed E-state index contributed by atoms with van der Waals surface area (Å²) in [5, 5.41) is 14.0. The number of amides is 1. The SMILES string of the molecule is C=CCOC(=O)C1=C(C)N=C2SC=C(CC(=O)N3CCN(C)CC3)N2C1c1cccc([N+](=O)[O-])c1. The molecule has 0 bridgehead atoms. The van der Waals surface area contributed by atoms with Gasteiger partial charge in [-0.3, -0.25) is 14.9 Å². The second-order valence-corrected chi connectivity index (χ2v) is 9.33. The summed E-state index contributed by atoms with van der Waals surface area (Å²) < 4.78 is 5.35. The summed E-state index contributed by atoms with van der Waals surface area (Å²) in [6, 6.07) is 5.45. The van der Waals surface area contributed by atoms with E-state index in [1.165, 1.54) is 30.0 Å². The Balaban J connectivity index is 1.70. The Hall–Kier alpha value is -3.44. The van der Waals surface area contributed by atoms with Crippen molar-refractivity contribution in [3.05, 3.63) is 75.0 Å². The summed E-state index contributed by atoms with van der Waals surface area (Å²) in [6.07, 6.45) is 1.61. The fraction of sp³-hybridized carbons (Fsp3) is 0.375. The highest BCUT2D eigenvalue weighted by Gasteiger charge is 2.42. The van der Waals surface area contributed by atoms with Gasteiger partial charge in [0, 0.05) is 44.0 Å². The van der Waals surface area contributed by atoms with E-state index in [0.29, 0.717) is 35.2 Å². The van der Waals surface area contributed by atoms with Gasteiger partial charge in [-0.25, -0.2) is 9.79 Å². The quantitative estimate of drug-likeness (QED) is 0.245. The van der Waals surface area contributed by atoms with Crippen LogP contribution in [-0.2, 0) is 14.3 Å². The van der Waals surface area contributed by atoms with Crippen LogP contribution in [0.5, 0.6) is 0 Å². The van der Waals surface area contributed by atoms with E-state index >= 15 is 0 Å². The first-order valence-corrected chi connectivity index (χ1v) is 12.1. The number of nitro benzene ring substituents is 1. The molecule has 0 saturated carbocycles. The van der Waals surface area contributed by atoms with Crippen molar-refractivity contribution in [2.45, 2.75) is 19.4 Å². The van der Waals surface area contributed by atoms with Crippen LogP contribution in [0.4, 0.5) is 5.69 Å². The summed E-state index contributed by atoms with van der Waals surface area (Å²) in [6.45, 7) is 8.26. The first-order chi connectivity index (χ1) is 16.8. The number of nitro groups is 1. The lowest BCUT2D eigenvalue weighted by atomic mass is 9.93. The average Bonchev–Trinajstić information content (AvgIpc) is 3.23. The first-order valence-electron chi connectivity index (χ1n) is 11.2. The van der Waals surface area contributed by atoms with E-state index in [9.17, 15) is 19.7 Å². The molecule has 0 spiro atoms. The van der Waals surface area contributed by atoms with Crippen LogP contribution in [0.2, 0.25) is 0 Å². The number of piperazine rings is 1. The van der Waals surface area contributed by atoms with Crippen molar-refractivity contribution in [1.29, 1.82) is 0 Å². The van der Waals surface area contributed by atoms with Crippen LogP contribution >= 0.6 is 11.8 Å². The van der Waals surface area contributed by atoms with E-state index in [-0.39, 0.29) is 30.2 Å². The van der Waals surface area contributed by atoms with Crippen molar-refractivity contribution < 1.29 is 19.2 Å². The van der Waals surface area contributed by atoms with E-state index in [1.54, 1.807) is 19.1 Å². The van der Waals surface area contributed by atoms with E-state index in [0.717, 1.165) is 13.1 Å². The fourth-order valence-corrected chi connectivity index (χ4v) is 5.25. The number of likely N-dealkylation sites (N-methyl/N-ethyl adjacent to an activating group) is 1. The van der Waals surface area contributed by atoms with Gasteiger partial charge in [0.05, 0.1) is 28.7 Å². The second-order valence-electron chi connectivity index (χ2n) is 8.49. The molecule has 3 heterocycles. The van der Waals surface area contributed by atoms with Gasteiger partial charge in [-0.2, -0.15) is 0 Å². The van der Waals surface area contributed by atoms with Gasteiger partial charge in [-0.1, -0.05) is 36.5 Å². The molecule has 184 valence electrons. The van der Waals surface area contributed by atoms with Crippen LogP contribution in [0.25, 0.3) is 0 Å². The predicted octanol–water partition coefficient (Wildman–Crippen LogP) is 3.06. The Bertz CT molecular complexity index is 1150. The highest BCUT2D eigenvalue weighted by atomic mass is 32.2. The maximum atomic E-state index is 13.1. The Morgan fingerprint density at radius 1 is 1.31 bits per heavy atom. The van der Waals surface area contributed by atoms with E-state index < -0.39 is 16.9 Å². The Labute approximate surface area is 207 Å². The van der Waals surface area contributed by atoms with Gasteiger partial charge in [-0.15, -0.1) is 0 Å². The van der Waals surface area contributed by atoms with Crippen LogP contribution in [0.15, 0.2) is 64.3 Å². The normalized spacial score (nSPS) is 20.2. The number of rotatable bonds is 7. The zero-order chi connectivity index (χ0) is 25.1. The minimum atomic E-state index is -0.721. The molecule has 1 fully saturated rings. The number of ether oxygens (including phenoxy) is 1. The molecule has 1 aromatic carbocycles. The van der Waals surface area contributed by atoms with Crippen LogP contribution in [0.1, 0.15) is 24.9 Å². The van der Waals surface area contributed by atoms with Gasteiger partial charge in [0.25, 0.3) is 5.69 Å². The molecule has 11 heteroatoms. The lowest BCUT2D eigenvalue weighted by Gasteiger charge is -2.37. The van der Waals surface area contributed by atoms with E-state index in [1.807, 2.05) is 22.3 Å². The number of allylic oxidation sites excluding steroid dienone is 1. The monoisotopic (exact) mass is 497 g/mol. The van der Waals surface area contributed by atoms with Gasteiger partial charge in [0.1, 0.15) is 6.61 Å². The number of carbonyl (C=O) groups excluding carboxylic acids is 2. The minimum Gasteiger partial charge on any atom is -0.458 e. The third-order valence-corrected chi connectivity index (χ3v) is 7.03. The van der Waals surface area contributed by atoms with E-state index in [4.69, 9.17) is 4.74 Å². The number of non-ortho nitro benzene ring substituents is 1. The molecule has 3 aliphatic rings. The lowest BCUT2D eigenvalue weighted by molar-refractivity contribution is -0.384. The second kappa shape index (κ2) is 10.4. The van der Waals surface area contributed by atoms with Crippen molar-refractivity contribution in [3.8, 4) is 0 Å². The molecule has 0 N–H and O–H groups in total. The van der Waals surface area contributed by atoms with E-state index in [2.05, 4.69) is 16.5 Å². The fourth-order valence-electron chi connectivity index (χ4n) is 4.29. The number of nitrogens with zero attached hydrogens (tertiary/aromatic N) is 5. The molecule has 1 unspecified atom stereocenters. The molecule has 4 rings (SSSR count). The summed E-state index contributed by atoms with van der Waals surface area (Å²) in [5.74, 6) is -0.589. The van der Waals surface area contributed by atoms with Gasteiger partial charge in [-0.05, 0) is 24.9 Å². The maximum absolute atomic E-state index is 13.1. The smallest absolute Gasteiger partial charge is 0.338 e. The summed E-state index contributed by atoms with van der Waals surface area (Å²) >= 11 is 1.37. The molecule has 0 aliphatic carbocycles. The van der Waals surface area contributed by atoms with Gasteiger partial charge >= 0.3 is 5.97 Å². The van der Waals surface area contributed by atoms with Gasteiger partial charge < -0.3 is 19.4 Å². The number of hydrogen-bond donors (Lipinski definition) is 0. The van der Waals surface area contributed by atoms with Crippen molar-refractivity contribution in [2.75, 3.05) is 39.8 Å². The number of carbonyl (C=O) groups is 2. The number of hydrogen-bond acceptors (Lipinski definition) is 9. The van der Waals surface area contributed by atoms with Gasteiger partial charge in [0.2, 0.25) is 5.91 Å². The summed E-state index contributed by atoms with van der Waals surface area (Å²) in [7, 11) is 2.03. The number of fused-ring (bicyclic) bond motifs is 1. The minimum absolute atomic E-state index is 0.00829. The van der Waals surface area contributed by atoms with Crippen LogP contribution in [-0.4, -0.2) is 76.5 Å². The highest BCUT2D eigenvalue weighted by molar-refractivity contribution is 8.16. The topological polar surface area (TPSA) is 109 Å². The third-order valence-electron chi connectivity index (χ3n) is 6.14. The molecular formula is C24H27N5O5S. The van der Waals surface area contributed by atoms with Crippen LogP contribution in [0, 0.1) is 10.1 Å². The molecular weight excluding hydrogens is 470 g/mol. The summed E-state index contributed by atoms with van der Waals surface area (Å²) in [5.41, 5.74) is 1.88. The Morgan fingerprint density at radius 2 is 2.06 bits per heavy atom. The molecule has 1 aromatic rings. The molecule has 10 nitrogen and oxygen atoms in total. The van der Waals surface area contributed by atoms with Crippen molar-refractivity contribution in [1.82, 2.24) is 14.7 Å². The van der Waals surface area contributed by atoms with Crippen molar-refractivity contribution in [3.63, 3.8) is 0 Å². The molecule has 1 saturated heterocycles. The third kappa shape index (κ3) is 5.15. The number of esters is 1. The van der Waals surface area contributed by atoms with Crippen LogP contribution in [0.3, 0.4) is 0 Å². The Kier molecular flexibility index (Phi) is 7.37.